The summed E-state index contributed by atoms with van der Waals surface area (Å²) >= 11 is 0. The van der Waals surface area contributed by atoms with E-state index in [1.165, 1.54) is 0 Å². The SMILES string of the molecule is CC(C)OCCC(C)(N)C(C)C. The van der Waals surface area contributed by atoms with Crippen LogP contribution in [-0.4, -0.2) is 18.2 Å². The predicted octanol–water partition coefficient (Wildman–Crippen LogP) is 2.17. The molecule has 0 heterocycles. The molecule has 0 amide bonds. The molecule has 0 spiro atoms. The second kappa shape index (κ2) is 4.83. The van der Waals surface area contributed by atoms with Gasteiger partial charge in [0.2, 0.25) is 0 Å². The lowest BCUT2D eigenvalue weighted by Gasteiger charge is -2.29. The lowest BCUT2D eigenvalue weighted by atomic mass is 9.87. The molecule has 12 heavy (non-hydrogen) atoms. The Bertz CT molecular complexity index is 119. The molecule has 0 aliphatic carbocycles. The first-order valence-corrected chi connectivity index (χ1v) is 4.76. The van der Waals surface area contributed by atoms with E-state index in [0.29, 0.717) is 12.0 Å². The van der Waals surface area contributed by atoms with E-state index in [-0.39, 0.29) is 5.54 Å². The van der Waals surface area contributed by atoms with Crippen molar-refractivity contribution in [2.24, 2.45) is 11.7 Å². The summed E-state index contributed by atoms with van der Waals surface area (Å²) < 4.78 is 5.45. The second-order valence-electron chi connectivity index (χ2n) is 4.33. The Morgan fingerprint density at radius 1 is 1.25 bits per heavy atom. The van der Waals surface area contributed by atoms with E-state index >= 15 is 0 Å². The molecule has 2 nitrogen and oxygen atoms in total. The maximum Gasteiger partial charge on any atom is 0.0518 e. The van der Waals surface area contributed by atoms with Crippen molar-refractivity contribution < 1.29 is 4.74 Å². The smallest absolute Gasteiger partial charge is 0.0518 e. The first-order valence-electron chi connectivity index (χ1n) is 4.76. The molecule has 0 fully saturated rings. The van der Waals surface area contributed by atoms with E-state index in [0.717, 1.165) is 13.0 Å². The van der Waals surface area contributed by atoms with Gasteiger partial charge in [0, 0.05) is 12.1 Å². The van der Waals surface area contributed by atoms with Crippen LogP contribution in [0.15, 0.2) is 0 Å². The van der Waals surface area contributed by atoms with Gasteiger partial charge in [-0.2, -0.15) is 0 Å². The number of hydrogen-bond acceptors (Lipinski definition) is 2. The van der Waals surface area contributed by atoms with Crippen molar-refractivity contribution >= 4 is 0 Å². The molecule has 0 aromatic carbocycles. The first kappa shape index (κ1) is 11.9. The average molecular weight is 173 g/mol. The third kappa shape index (κ3) is 4.73. The topological polar surface area (TPSA) is 35.2 Å². The van der Waals surface area contributed by atoms with Crippen LogP contribution in [0.3, 0.4) is 0 Å². The predicted molar refractivity (Wildman–Crippen MR) is 53.1 cm³/mol. The minimum atomic E-state index is -0.0884. The van der Waals surface area contributed by atoms with Gasteiger partial charge >= 0.3 is 0 Å². The van der Waals surface area contributed by atoms with Crippen LogP contribution in [0.4, 0.5) is 0 Å². The highest BCUT2D eigenvalue weighted by Crippen LogP contribution is 2.17. The monoisotopic (exact) mass is 173 g/mol. The van der Waals surface area contributed by atoms with Crippen LogP contribution in [0.25, 0.3) is 0 Å². The van der Waals surface area contributed by atoms with Gasteiger partial charge in [0.1, 0.15) is 0 Å². The molecule has 1 atom stereocenters. The molecule has 0 saturated carbocycles. The zero-order chi connectivity index (χ0) is 9.78. The molecule has 0 aliphatic rings. The molecule has 0 radical (unpaired) electrons. The van der Waals surface area contributed by atoms with Gasteiger partial charge in [0.25, 0.3) is 0 Å². The molecule has 2 N–H and O–H groups in total. The summed E-state index contributed by atoms with van der Waals surface area (Å²) in [6, 6.07) is 0. The Kier molecular flexibility index (Phi) is 4.80. The molecule has 2 heteroatoms. The summed E-state index contributed by atoms with van der Waals surface area (Å²) in [5.74, 6) is 0.508. The summed E-state index contributed by atoms with van der Waals surface area (Å²) in [4.78, 5) is 0. The van der Waals surface area contributed by atoms with Crippen LogP contribution in [-0.2, 0) is 4.74 Å². The van der Waals surface area contributed by atoms with E-state index < -0.39 is 0 Å². The van der Waals surface area contributed by atoms with Gasteiger partial charge < -0.3 is 10.5 Å². The Labute approximate surface area is 76.5 Å². The van der Waals surface area contributed by atoms with Gasteiger partial charge in [-0.1, -0.05) is 13.8 Å². The second-order valence-corrected chi connectivity index (χ2v) is 4.33. The van der Waals surface area contributed by atoms with Crippen LogP contribution < -0.4 is 5.73 Å². The molecular weight excluding hydrogens is 150 g/mol. The molecule has 1 unspecified atom stereocenters. The Morgan fingerprint density at radius 2 is 1.75 bits per heavy atom. The Balaban J connectivity index is 3.61. The molecule has 0 aromatic rings. The maximum absolute atomic E-state index is 6.07. The zero-order valence-corrected chi connectivity index (χ0v) is 9.05. The lowest BCUT2D eigenvalue weighted by Crippen LogP contribution is -2.42. The fourth-order valence-corrected chi connectivity index (χ4v) is 0.803. The largest absolute Gasteiger partial charge is 0.379 e. The van der Waals surface area contributed by atoms with Crippen molar-refractivity contribution in [1.82, 2.24) is 0 Å². The minimum Gasteiger partial charge on any atom is -0.379 e. The highest BCUT2D eigenvalue weighted by molar-refractivity contribution is 4.81. The quantitative estimate of drug-likeness (QED) is 0.691. The van der Waals surface area contributed by atoms with E-state index in [1.54, 1.807) is 0 Å². The molecule has 0 saturated heterocycles. The number of ether oxygens (including phenoxy) is 1. The summed E-state index contributed by atoms with van der Waals surface area (Å²) in [5, 5.41) is 0. The van der Waals surface area contributed by atoms with E-state index in [4.69, 9.17) is 10.5 Å². The number of nitrogens with two attached hydrogens (primary N) is 1. The van der Waals surface area contributed by atoms with Crippen molar-refractivity contribution in [3.8, 4) is 0 Å². The van der Waals surface area contributed by atoms with Crippen LogP contribution in [0.5, 0.6) is 0 Å². The van der Waals surface area contributed by atoms with Crippen molar-refractivity contribution in [1.29, 1.82) is 0 Å². The molecule has 0 bridgehead atoms. The molecule has 0 rings (SSSR count). The lowest BCUT2D eigenvalue weighted by molar-refractivity contribution is 0.0611. The third-order valence-corrected chi connectivity index (χ3v) is 2.41. The Hall–Kier alpha value is -0.0800. The summed E-state index contributed by atoms with van der Waals surface area (Å²) in [5.41, 5.74) is 5.98. The van der Waals surface area contributed by atoms with Gasteiger partial charge in [-0.3, -0.25) is 0 Å². The van der Waals surface area contributed by atoms with E-state index in [9.17, 15) is 0 Å². The Morgan fingerprint density at radius 3 is 2.08 bits per heavy atom. The fraction of sp³-hybridized carbons (Fsp3) is 1.00. The van der Waals surface area contributed by atoms with Gasteiger partial charge in [0.05, 0.1) is 6.10 Å². The highest BCUT2D eigenvalue weighted by atomic mass is 16.5. The van der Waals surface area contributed by atoms with Gasteiger partial charge in [-0.15, -0.1) is 0 Å². The summed E-state index contributed by atoms with van der Waals surface area (Å²) in [7, 11) is 0. The minimum absolute atomic E-state index is 0.0884. The summed E-state index contributed by atoms with van der Waals surface area (Å²) in [6.07, 6.45) is 1.25. The van der Waals surface area contributed by atoms with Gasteiger partial charge in [-0.25, -0.2) is 0 Å². The normalized spacial score (nSPS) is 17.0. The van der Waals surface area contributed by atoms with Crippen molar-refractivity contribution in [3.05, 3.63) is 0 Å². The molecule has 0 aromatic heterocycles. The van der Waals surface area contributed by atoms with E-state index in [1.807, 2.05) is 13.8 Å². The van der Waals surface area contributed by atoms with Crippen LogP contribution >= 0.6 is 0 Å². The fourth-order valence-electron chi connectivity index (χ4n) is 0.803. The van der Waals surface area contributed by atoms with Crippen LogP contribution in [0.1, 0.15) is 41.0 Å². The van der Waals surface area contributed by atoms with Gasteiger partial charge in [-0.05, 0) is 33.1 Å². The van der Waals surface area contributed by atoms with Crippen molar-refractivity contribution in [2.75, 3.05) is 6.61 Å². The van der Waals surface area contributed by atoms with Crippen molar-refractivity contribution in [2.45, 2.75) is 52.7 Å². The molecule has 0 aliphatic heterocycles. The average Bonchev–Trinajstić information content (AvgIpc) is 1.85. The number of hydrogen-bond donors (Lipinski definition) is 1. The van der Waals surface area contributed by atoms with Crippen LogP contribution in [0.2, 0.25) is 0 Å². The standard InChI is InChI=1S/C10H23NO/c1-8(2)10(5,11)6-7-12-9(3)4/h8-9H,6-7,11H2,1-5H3. The van der Waals surface area contributed by atoms with E-state index in [2.05, 4.69) is 20.8 Å². The molecule has 74 valence electrons. The van der Waals surface area contributed by atoms with Crippen molar-refractivity contribution in [3.63, 3.8) is 0 Å². The highest BCUT2D eigenvalue weighted by Gasteiger charge is 2.22. The third-order valence-electron chi connectivity index (χ3n) is 2.41. The molecular formula is C10H23NO. The zero-order valence-electron chi connectivity index (χ0n) is 9.05. The van der Waals surface area contributed by atoms with Crippen LogP contribution in [0, 0.1) is 5.92 Å². The number of rotatable bonds is 5. The van der Waals surface area contributed by atoms with Gasteiger partial charge in [0.15, 0.2) is 0 Å². The summed E-state index contributed by atoms with van der Waals surface area (Å²) in [6.45, 7) is 11.2. The maximum atomic E-state index is 6.07. The first-order chi connectivity index (χ1) is 5.36.